The third kappa shape index (κ3) is 4.47. The van der Waals surface area contributed by atoms with Gasteiger partial charge < -0.3 is 10.5 Å². The Kier molecular flexibility index (Phi) is 5.29. The maximum absolute atomic E-state index is 12.8. The number of ether oxygens (including phenoxy) is 1. The van der Waals surface area contributed by atoms with Gasteiger partial charge in [-0.3, -0.25) is 4.79 Å². The maximum Gasteiger partial charge on any atom is 0.313 e. The van der Waals surface area contributed by atoms with E-state index in [9.17, 15) is 4.79 Å². The molecule has 1 fully saturated rings. The molecule has 0 heterocycles. The molecule has 20 heavy (non-hydrogen) atoms. The number of carbonyl (C=O) groups excluding carboxylic acids is 1. The van der Waals surface area contributed by atoms with Crippen molar-refractivity contribution in [2.24, 2.45) is 16.6 Å². The van der Waals surface area contributed by atoms with Crippen LogP contribution in [-0.2, 0) is 9.53 Å². The average molecular weight is 283 g/mol. The first-order valence-corrected chi connectivity index (χ1v) is 7.96. The summed E-state index contributed by atoms with van der Waals surface area (Å²) in [4.78, 5) is 12.8. The van der Waals surface area contributed by atoms with Gasteiger partial charge in [0.15, 0.2) is 0 Å². The number of esters is 1. The molecule has 3 nitrogen and oxygen atoms in total. The maximum atomic E-state index is 12.8. The molecule has 118 valence electrons. The molecule has 0 aromatic heterocycles. The Hall–Kier alpha value is -0.570. The van der Waals surface area contributed by atoms with Gasteiger partial charge in [-0.1, -0.05) is 27.2 Å². The first kappa shape index (κ1) is 17.5. The van der Waals surface area contributed by atoms with Crippen LogP contribution in [0.25, 0.3) is 0 Å². The Morgan fingerprint density at radius 3 is 1.95 bits per heavy atom. The first-order chi connectivity index (χ1) is 8.96. The molecule has 1 aliphatic rings. The predicted molar refractivity (Wildman–Crippen MR) is 83.4 cm³/mol. The second-order valence-corrected chi connectivity index (χ2v) is 8.46. The average Bonchev–Trinajstić information content (AvgIpc) is 2.26. The van der Waals surface area contributed by atoms with Gasteiger partial charge in [0.05, 0.1) is 5.41 Å². The normalized spacial score (nSPS) is 21.4. The summed E-state index contributed by atoms with van der Waals surface area (Å²) in [7, 11) is 0. The summed E-state index contributed by atoms with van der Waals surface area (Å²) in [5, 5.41) is 0. The minimum atomic E-state index is -0.650. The Labute approximate surface area is 124 Å². The molecule has 0 aromatic carbocycles. The highest BCUT2D eigenvalue weighted by atomic mass is 16.5. The molecule has 0 aliphatic heterocycles. The van der Waals surface area contributed by atoms with Gasteiger partial charge in [-0.2, -0.15) is 0 Å². The monoisotopic (exact) mass is 283 g/mol. The highest BCUT2D eigenvalue weighted by molar-refractivity contribution is 5.78. The van der Waals surface area contributed by atoms with E-state index in [4.69, 9.17) is 10.5 Å². The van der Waals surface area contributed by atoms with Crippen LogP contribution in [0.15, 0.2) is 0 Å². The molecule has 3 heteroatoms. The molecule has 1 unspecified atom stereocenters. The van der Waals surface area contributed by atoms with Crippen LogP contribution in [0.2, 0.25) is 0 Å². The summed E-state index contributed by atoms with van der Waals surface area (Å²) >= 11 is 0. The molecule has 0 saturated heterocycles. The van der Waals surface area contributed by atoms with Crippen molar-refractivity contribution in [1.82, 2.24) is 0 Å². The van der Waals surface area contributed by atoms with E-state index >= 15 is 0 Å². The zero-order valence-electron chi connectivity index (χ0n) is 14.2. The van der Waals surface area contributed by atoms with Crippen LogP contribution in [0.3, 0.4) is 0 Å². The van der Waals surface area contributed by atoms with Crippen LogP contribution in [0.4, 0.5) is 0 Å². The predicted octanol–water partition coefficient (Wildman–Crippen LogP) is 4.04. The molecular formula is C17H33NO2. The quantitative estimate of drug-likeness (QED) is 0.792. The van der Waals surface area contributed by atoms with Gasteiger partial charge in [-0.25, -0.2) is 0 Å². The molecule has 0 aromatic rings. The Morgan fingerprint density at radius 2 is 1.55 bits per heavy atom. The van der Waals surface area contributed by atoms with E-state index in [2.05, 4.69) is 20.8 Å². The van der Waals surface area contributed by atoms with Crippen molar-refractivity contribution in [3.05, 3.63) is 0 Å². The van der Waals surface area contributed by atoms with Crippen LogP contribution < -0.4 is 5.73 Å². The SMILES string of the molecule is CC(C)(C)CC(C)(C(=O)OC1CCCCC1)C(C)(C)N. The fraction of sp³-hybridized carbons (Fsp3) is 0.941. The highest BCUT2D eigenvalue weighted by Crippen LogP contribution is 2.42. The van der Waals surface area contributed by atoms with Crippen molar-refractivity contribution in [2.75, 3.05) is 0 Å². The fourth-order valence-corrected chi connectivity index (χ4v) is 3.09. The largest absolute Gasteiger partial charge is 0.462 e. The second-order valence-electron chi connectivity index (χ2n) is 8.46. The van der Waals surface area contributed by atoms with E-state index in [1.807, 2.05) is 20.8 Å². The van der Waals surface area contributed by atoms with E-state index in [0.29, 0.717) is 0 Å². The minimum Gasteiger partial charge on any atom is -0.462 e. The summed E-state index contributed by atoms with van der Waals surface area (Å²) in [5.41, 5.74) is 5.12. The molecule has 2 N–H and O–H groups in total. The lowest BCUT2D eigenvalue weighted by molar-refractivity contribution is -0.168. The molecule has 1 saturated carbocycles. The van der Waals surface area contributed by atoms with E-state index < -0.39 is 11.0 Å². The minimum absolute atomic E-state index is 0.0387. The molecule has 0 amide bonds. The third-order valence-electron chi connectivity index (χ3n) is 4.58. The van der Waals surface area contributed by atoms with Crippen LogP contribution in [-0.4, -0.2) is 17.6 Å². The Balaban J connectivity index is 2.84. The van der Waals surface area contributed by atoms with Gasteiger partial charge in [-0.05, 0) is 58.3 Å². The van der Waals surface area contributed by atoms with E-state index in [-0.39, 0.29) is 17.5 Å². The lowest BCUT2D eigenvalue weighted by Crippen LogP contribution is -2.56. The molecule has 1 aliphatic carbocycles. The van der Waals surface area contributed by atoms with Crippen LogP contribution in [0.1, 0.15) is 80.1 Å². The smallest absolute Gasteiger partial charge is 0.313 e. The molecule has 1 atom stereocenters. The van der Waals surface area contributed by atoms with Gasteiger partial charge in [0.2, 0.25) is 0 Å². The summed E-state index contributed by atoms with van der Waals surface area (Å²) < 4.78 is 5.81. The van der Waals surface area contributed by atoms with Gasteiger partial charge in [-0.15, -0.1) is 0 Å². The van der Waals surface area contributed by atoms with Crippen molar-refractivity contribution in [3.8, 4) is 0 Å². The van der Waals surface area contributed by atoms with Crippen molar-refractivity contribution < 1.29 is 9.53 Å². The lowest BCUT2D eigenvalue weighted by atomic mass is 9.65. The topological polar surface area (TPSA) is 52.3 Å². The van der Waals surface area contributed by atoms with Crippen molar-refractivity contribution in [1.29, 1.82) is 0 Å². The molecular weight excluding hydrogens is 250 g/mol. The highest BCUT2D eigenvalue weighted by Gasteiger charge is 2.48. The third-order valence-corrected chi connectivity index (χ3v) is 4.58. The summed E-state index contributed by atoms with van der Waals surface area (Å²) in [5.74, 6) is -0.119. The van der Waals surface area contributed by atoms with Crippen LogP contribution >= 0.6 is 0 Å². The van der Waals surface area contributed by atoms with E-state index in [0.717, 1.165) is 19.3 Å². The van der Waals surface area contributed by atoms with Gasteiger partial charge in [0.1, 0.15) is 6.10 Å². The van der Waals surface area contributed by atoms with Gasteiger partial charge in [0, 0.05) is 5.54 Å². The summed E-state index contributed by atoms with van der Waals surface area (Å²) in [6, 6.07) is 0. The van der Waals surface area contributed by atoms with Crippen LogP contribution in [0.5, 0.6) is 0 Å². The summed E-state index contributed by atoms with van der Waals surface area (Å²) in [6.45, 7) is 12.3. The number of hydrogen-bond acceptors (Lipinski definition) is 3. The summed E-state index contributed by atoms with van der Waals surface area (Å²) in [6.07, 6.45) is 6.42. The standard InChI is InChI=1S/C17H33NO2/c1-15(2,3)12-17(6,16(4,5)18)14(19)20-13-10-8-7-9-11-13/h13H,7-12,18H2,1-6H3. The van der Waals surface area contributed by atoms with Crippen molar-refractivity contribution in [3.63, 3.8) is 0 Å². The van der Waals surface area contributed by atoms with Crippen molar-refractivity contribution >= 4 is 5.97 Å². The number of rotatable bonds is 4. The Morgan fingerprint density at radius 1 is 1.05 bits per heavy atom. The van der Waals surface area contributed by atoms with Gasteiger partial charge in [0.25, 0.3) is 0 Å². The number of nitrogens with two attached hydrogens (primary N) is 1. The molecule has 0 bridgehead atoms. The number of hydrogen-bond donors (Lipinski definition) is 1. The number of carbonyl (C=O) groups is 1. The molecule has 1 rings (SSSR count). The van der Waals surface area contributed by atoms with Gasteiger partial charge >= 0.3 is 5.97 Å². The lowest BCUT2D eigenvalue weighted by Gasteiger charge is -2.44. The second kappa shape index (κ2) is 6.05. The van der Waals surface area contributed by atoms with Crippen LogP contribution in [0, 0.1) is 10.8 Å². The van der Waals surface area contributed by atoms with Crippen molar-refractivity contribution in [2.45, 2.75) is 91.7 Å². The molecule has 0 spiro atoms. The first-order valence-electron chi connectivity index (χ1n) is 7.96. The van der Waals surface area contributed by atoms with E-state index in [1.165, 1.54) is 19.3 Å². The molecule has 0 radical (unpaired) electrons. The zero-order valence-corrected chi connectivity index (χ0v) is 14.2. The van der Waals surface area contributed by atoms with E-state index in [1.54, 1.807) is 0 Å². The fourth-order valence-electron chi connectivity index (χ4n) is 3.09. The Bertz CT molecular complexity index is 332. The zero-order chi connectivity index (χ0) is 15.6.